The number of nitrogens with zero attached hydrogens (tertiary/aromatic N) is 1. The highest BCUT2D eigenvalue weighted by atomic mass is 16.6. The van der Waals surface area contributed by atoms with Gasteiger partial charge in [0.2, 0.25) is 0 Å². The van der Waals surface area contributed by atoms with Gasteiger partial charge >= 0.3 is 5.97 Å². The zero-order valence-corrected chi connectivity index (χ0v) is 11.7. The molecule has 0 aliphatic carbocycles. The van der Waals surface area contributed by atoms with Crippen molar-refractivity contribution >= 4 is 17.3 Å². The van der Waals surface area contributed by atoms with Crippen LogP contribution in [0.25, 0.3) is 11.1 Å². The monoisotopic (exact) mass is 278 g/mol. The molecular formula is C18H16NO2+. The number of carbonyl (C=O) groups is 1. The molecule has 2 aliphatic heterocycles. The molecule has 3 nitrogen and oxygen atoms in total. The van der Waals surface area contributed by atoms with Crippen molar-refractivity contribution in [3.8, 4) is 11.1 Å². The SMILES string of the molecule is C=CC(=O)OC1CC[N+]12c1ccccc1-c1ccccc12. The number of quaternary nitrogens is 1. The van der Waals surface area contributed by atoms with Crippen LogP contribution in [0, 0.1) is 0 Å². The number of esters is 1. The largest absolute Gasteiger partial charge is 0.408 e. The van der Waals surface area contributed by atoms with Crippen molar-refractivity contribution in [3.05, 3.63) is 61.2 Å². The summed E-state index contributed by atoms with van der Waals surface area (Å²) < 4.78 is 6.23. The third kappa shape index (κ3) is 1.49. The molecule has 2 aliphatic rings. The lowest BCUT2D eigenvalue weighted by Gasteiger charge is -2.47. The van der Waals surface area contributed by atoms with E-state index in [1.807, 2.05) is 0 Å². The highest BCUT2D eigenvalue weighted by Gasteiger charge is 2.57. The minimum Gasteiger partial charge on any atom is -0.408 e. The predicted molar refractivity (Wildman–Crippen MR) is 82.9 cm³/mol. The maximum absolute atomic E-state index is 11.6. The molecule has 0 amide bonds. The van der Waals surface area contributed by atoms with Gasteiger partial charge in [-0.15, -0.1) is 0 Å². The van der Waals surface area contributed by atoms with Crippen molar-refractivity contribution in [3.63, 3.8) is 0 Å². The van der Waals surface area contributed by atoms with Crippen LogP contribution in [-0.4, -0.2) is 18.7 Å². The number of hydrogen-bond donors (Lipinski definition) is 0. The van der Waals surface area contributed by atoms with Crippen LogP contribution in [0.1, 0.15) is 6.42 Å². The lowest BCUT2D eigenvalue weighted by molar-refractivity contribution is -0.158. The van der Waals surface area contributed by atoms with Crippen LogP contribution in [0.15, 0.2) is 61.2 Å². The van der Waals surface area contributed by atoms with Crippen LogP contribution in [0.2, 0.25) is 0 Å². The zero-order valence-electron chi connectivity index (χ0n) is 11.7. The van der Waals surface area contributed by atoms with Gasteiger partial charge in [0.15, 0.2) is 0 Å². The first-order chi connectivity index (χ1) is 10.3. The van der Waals surface area contributed by atoms with Gasteiger partial charge < -0.3 is 4.74 Å². The fourth-order valence-corrected chi connectivity index (χ4v) is 3.60. The minimum absolute atomic E-state index is 0.153. The van der Waals surface area contributed by atoms with Crippen molar-refractivity contribution in [2.45, 2.75) is 12.6 Å². The van der Waals surface area contributed by atoms with Crippen molar-refractivity contribution < 1.29 is 9.53 Å². The van der Waals surface area contributed by atoms with Gasteiger partial charge in [-0.3, -0.25) is 0 Å². The number of hydrogen-bond acceptors (Lipinski definition) is 2. The van der Waals surface area contributed by atoms with Crippen LogP contribution < -0.4 is 4.48 Å². The van der Waals surface area contributed by atoms with Crippen LogP contribution in [0.5, 0.6) is 0 Å². The normalized spacial score (nSPS) is 20.3. The number of ether oxygens (including phenoxy) is 1. The first-order valence-corrected chi connectivity index (χ1v) is 7.18. The Hall–Kier alpha value is -2.39. The van der Waals surface area contributed by atoms with Crippen LogP contribution >= 0.6 is 0 Å². The first-order valence-electron chi connectivity index (χ1n) is 7.18. The fraction of sp³-hybridized carbons (Fsp3) is 0.167. The van der Waals surface area contributed by atoms with Gasteiger partial charge in [-0.25, -0.2) is 9.28 Å². The van der Waals surface area contributed by atoms with Crippen LogP contribution in [0.3, 0.4) is 0 Å². The second kappa shape index (κ2) is 4.30. The van der Waals surface area contributed by atoms with Gasteiger partial charge in [-0.05, 0) is 12.1 Å². The van der Waals surface area contributed by atoms with E-state index in [1.165, 1.54) is 28.6 Å². The molecule has 0 saturated carbocycles. The van der Waals surface area contributed by atoms with E-state index in [1.54, 1.807) is 0 Å². The van der Waals surface area contributed by atoms with Gasteiger partial charge in [0.25, 0.3) is 6.23 Å². The number of carbonyl (C=O) groups excluding carboxylic acids is 1. The summed E-state index contributed by atoms with van der Waals surface area (Å²) in [4.78, 5) is 11.6. The topological polar surface area (TPSA) is 26.3 Å². The molecule has 0 aromatic heterocycles. The number of rotatable bonds is 2. The predicted octanol–water partition coefficient (Wildman–Crippen LogP) is 3.77. The average Bonchev–Trinajstić information content (AvgIpc) is 2.84. The maximum Gasteiger partial charge on any atom is 0.334 e. The molecule has 2 heterocycles. The van der Waals surface area contributed by atoms with Crippen molar-refractivity contribution in [2.24, 2.45) is 0 Å². The summed E-state index contributed by atoms with van der Waals surface area (Å²) in [5, 5.41) is 0. The lowest BCUT2D eigenvalue weighted by Crippen LogP contribution is -2.63. The summed E-state index contributed by atoms with van der Waals surface area (Å²) in [5.41, 5.74) is 4.94. The summed E-state index contributed by atoms with van der Waals surface area (Å²) in [6.07, 6.45) is 1.96. The highest BCUT2D eigenvalue weighted by molar-refractivity contribution is 5.95. The summed E-state index contributed by atoms with van der Waals surface area (Å²) >= 11 is 0. The third-order valence-electron chi connectivity index (χ3n) is 4.60. The van der Waals surface area contributed by atoms with Gasteiger partial charge in [-0.2, -0.15) is 0 Å². The molecule has 3 heteroatoms. The number of para-hydroxylation sites is 2. The van der Waals surface area contributed by atoms with E-state index >= 15 is 0 Å². The molecule has 1 unspecified atom stereocenters. The van der Waals surface area contributed by atoms with Crippen LogP contribution in [-0.2, 0) is 9.53 Å². The summed E-state index contributed by atoms with van der Waals surface area (Å²) in [6, 6.07) is 16.8. The van der Waals surface area contributed by atoms with Gasteiger partial charge in [0.05, 0.1) is 6.42 Å². The van der Waals surface area contributed by atoms with E-state index in [9.17, 15) is 4.79 Å². The average molecular weight is 278 g/mol. The Balaban J connectivity index is 1.89. The van der Waals surface area contributed by atoms with Gasteiger partial charge in [-0.1, -0.05) is 30.8 Å². The highest BCUT2D eigenvalue weighted by Crippen LogP contribution is 2.58. The van der Waals surface area contributed by atoms with Gasteiger partial charge in [0, 0.05) is 29.3 Å². The second-order valence-electron chi connectivity index (χ2n) is 5.51. The molecule has 1 spiro atoms. The number of benzene rings is 2. The van der Waals surface area contributed by atoms with Crippen LogP contribution in [0.4, 0.5) is 11.4 Å². The Morgan fingerprint density at radius 2 is 1.67 bits per heavy atom. The molecule has 21 heavy (non-hydrogen) atoms. The minimum atomic E-state index is -0.348. The third-order valence-corrected chi connectivity index (χ3v) is 4.60. The molecule has 1 saturated heterocycles. The summed E-state index contributed by atoms with van der Waals surface area (Å²) in [5.74, 6) is -0.348. The number of fused-ring (bicyclic) bond motifs is 5. The van der Waals surface area contributed by atoms with E-state index in [2.05, 4.69) is 55.1 Å². The second-order valence-corrected chi connectivity index (χ2v) is 5.51. The fourth-order valence-electron chi connectivity index (χ4n) is 3.60. The zero-order chi connectivity index (χ0) is 14.4. The lowest BCUT2D eigenvalue weighted by atomic mass is 10.0. The van der Waals surface area contributed by atoms with E-state index in [0.29, 0.717) is 4.48 Å². The van der Waals surface area contributed by atoms with Gasteiger partial charge in [0.1, 0.15) is 17.9 Å². The maximum atomic E-state index is 11.6. The van der Waals surface area contributed by atoms with Crippen molar-refractivity contribution in [2.75, 3.05) is 6.54 Å². The Bertz CT molecular complexity index is 705. The molecule has 0 radical (unpaired) electrons. The van der Waals surface area contributed by atoms with Crippen molar-refractivity contribution in [1.29, 1.82) is 0 Å². The molecule has 2 aromatic rings. The molecule has 0 N–H and O–H groups in total. The Labute approximate surface area is 123 Å². The summed E-state index contributed by atoms with van der Waals surface area (Å²) in [6.45, 7) is 4.46. The smallest absolute Gasteiger partial charge is 0.334 e. The first kappa shape index (κ1) is 12.4. The Kier molecular flexibility index (Phi) is 2.53. The molecule has 4 rings (SSSR count). The van der Waals surface area contributed by atoms with E-state index in [0.717, 1.165) is 13.0 Å². The molecular weight excluding hydrogens is 262 g/mol. The Morgan fingerprint density at radius 1 is 1.10 bits per heavy atom. The standard InChI is InChI=1S/C18H16NO2/c1-2-18(20)21-17-11-12-19(17)15-9-5-3-7-13(15)14-8-4-6-10-16(14)19/h2-10,17H,1,11-12H2/q+1. The molecule has 1 fully saturated rings. The summed E-state index contributed by atoms with van der Waals surface area (Å²) in [7, 11) is 0. The van der Waals surface area contributed by atoms with E-state index in [4.69, 9.17) is 4.74 Å². The van der Waals surface area contributed by atoms with E-state index < -0.39 is 0 Å². The molecule has 1 atom stereocenters. The molecule has 2 aromatic carbocycles. The van der Waals surface area contributed by atoms with Crippen molar-refractivity contribution in [1.82, 2.24) is 4.48 Å². The molecule has 0 bridgehead atoms. The quantitative estimate of drug-likeness (QED) is 0.475. The van der Waals surface area contributed by atoms with E-state index in [-0.39, 0.29) is 12.2 Å². The molecule has 104 valence electrons. The Morgan fingerprint density at radius 3 is 2.14 bits per heavy atom.